The van der Waals surface area contributed by atoms with Gasteiger partial charge in [-0.15, -0.1) is 0 Å². The lowest BCUT2D eigenvalue weighted by Gasteiger charge is -1.84. The topological polar surface area (TPSA) is 62.2 Å². The molecule has 0 aliphatic heterocycles. The van der Waals surface area contributed by atoms with Gasteiger partial charge in [-0.25, -0.2) is 0 Å². The van der Waals surface area contributed by atoms with E-state index >= 15 is 0 Å². The van der Waals surface area contributed by atoms with Crippen molar-refractivity contribution in [2.45, 2.75) is 6.92 Å². The molecule has 0 rings (SSSR count). The lowest BCUT2D eigenvalue weighted by molar-refractivity contribution is 1.51. The normalized spacial score (nSPS) is 13.9. The second-order valence-corrected chi connectivity index (χ2v) is 2.34. The predicted molar refractivity (Wildman–Crippen MR) is 62.6 cm³/mol. The first kappa shape index (κ1) is 12.1. The minimum absolute atomic E-state index is 0.659. The van der Waals surface area contributed by atoms with Crippen molar-refractivity contribution in [1.82, 2.24) is 0 Å². The van der Waals surface area contributed by atoms with Crippen molar-refractivity contribution in [2.75, 3.05) is 0 Å². The van der Waals surface area contributed by atoms with E-state index in [9.17, 15) is 0 Å². The molecular formula is C11H15N3. The molecular weight excluding hydrogens is 174 g/mol. The highest BCUT2D eigenvalue weighted by molar-refractivity contribution is 5.79. The van der Waals surface area contributed by atoms with Crippen molar-refractivity contribution >= 4 is 12.4 Å². The van der Waals surface area contributed by atoms with Crippen molar-refractivity contribution in [3.05, 3.63) is 48.4 Å². The molecule has 0 aromatic heterocycles. The quantitative estimate of drug-likeness (QED) is 0.505. The summed E-state index contributed by atoms with van der Waals surface area (Å²) in [7, 11) is 0. The first-order chi connectivity index (χ1) is 6.85. The molecule has 3 N–H and O–H groups in total. The average Bonchev–Trinajstić information content (AvgIpc) is 2.22. The Hall–Kier alpha value is -1.90. The van der Waals surface area contributed by atoms with Crippen LogP contribution in [-0.2, 0) is 0 Å². The summed E-state index contributed by atoms with van der Waals surface area (Å²) in [4.78, 5) is 3.96. The van der Waals surface area contributed by atoms with Gasteiger partial charge in [-0.2, -0.15) is 0 Å². The zero-order valence-corrected chi connectivity index (χ0v) is 8.22. The summed E-state index contributed by atoms with van der Waals surface area (Å²) in [5.74, 6) is 0. The van der Waals surface area contributed by atoms with E-state index in [-0.39, 0.29) is 0 Å². The molecule has 0 fully saturated rings. The molecule has 14 heavy (non-hydrogen) atoms. The van der Waals surface area contributed by atoms with Crippen molar-refractivity contribution in [3.63, 3.8) is 0 Å². The summed E-state index contributed by atoms with van der Waals surface area (Å²) >= 11 is 0. The van der Waals surface area contributed by atoms with Gasteiger partial charge >= 0.3 is 0 Å². The van der Waals surface area contributed by atoms with Crippen LogP contribution < -0.4 is 5.73 Å². The summed E-state index contributed by atoms with van der Waals surface area (Å²) in [6, 6.07) is 0. The van der Waals surface area contributed by atoms with E-state index in [1.165, 1.54) is 12.4 Å². The van der Waals surface area contributed by atoms with Gasteiger partial charge in [0.2, 0.25) is 0 Å². The number of hydrogen-bond acceptors (Lipinski definition) is 3. The van der Waals surface area contributed by atoms with E-state index in [0.717, 1.165) is 0 Å². The van der Waals surface area contributed by atoms with Gasteiger partial charge in [0.15, 0.2) is 0 Å². The maximum absolute atomic E-state index is 6.94. The highest BCUT2D eigenvalue weighted by atomic mass is 14.6. The number of nitrogens with one attached hydrogen (secondary N) is 1. The molecule has 0 saturated heterocycles. The van der Waals surface area contributed by atoms with E-state index in [1.807, 2.05) is 19.1 Å². The van der Waals surface area contributed by atoms with Crippen LogP contribution in [-0.4, -0.2) is 12.4 Å². The van der Waals surface area contributed by atoms with Gasteiger partial charge < -0.3 is 11.1 Å². The fourth-order valence-corrected chi connectivity index (χ4v) is 0.603. The Morgan fingerprint density at radius 2 is 2.07 bits per heavy atom. The molecule has 74 valence electrons. The van der Waals surface area contributed by atoms with E-state index in [2.05, 4.69) is 4.99 Å². The number of hydrogen-bond donors (Lipinski definition) is 2. The van der Waals surface area contributed by atoms with Crippen LogP contribution in [0, 0.1) is 5.41 Å². The van der Waals surface area contributed by atoms with Gasteiger partial charge in [0, 0.05) is 30.4 Å². The van der Waals surface area contributed by atoms with Crippen LogP contribution in [0.5, 0.6) is 0 Å². The Kier molecular flexibility index (Phi) is 7.94. The van der Waals surface area contributed by atoms with Crippen LogP contribution >= 0.6 is 0 Å². The Balaban J connectivity index is 3.98. The van der Waals surface area contributed by atoms with Crippen LogP contribution in [0.1, 0.15) is 6.92 Å². The second-order valence-electron chi connectivity index (χ2n) is 2.34. The number of nitrogens with zero attached hydrogens (tertiary/aromatic N) is 1. The Bertz CT molecular complexity index is 294. The maximum Gasteiger partial charge on any atom is 0.0267 e. The smallest absolute Gasteiger partial charge is 0.0267 e. The zero-order valence-electron chi connectivity index (χ0n) is 8.22. The molecule has 0 aromatic carbocycles. The molecule has 0 aliphatic carbocycles. The lowest BCUT2D eigenvalue weighted by atomic mass is 10.3. The maximum atomic E-state index is 6.94. The first-order valence-corrected chi connectivity index (χ1v) is 4.25. The van der Waals surface area contributed by atoms with Gasteiger partial charge in [-0.05, 0) is 19.1 Å². The molecule has 0 saturated carbocycles. The van der Waals surface area contributed by atoms with Crippen molar-refractivity contribution in [2.24, 2.45) is 10.7 Å². The monoisotopic (exact) mass is 189 g/mol. The Morgan fingerprint density at radius 3 is 2.64 bits per heavy atom. The van der Waals surface area contributed by atoms with Crippen LogP contribution in [0.4, 0.5) is 0 Å². The van der Waals surface area contributed by atoms with Crippen LogP contribution in [0.3, 0.4) is 0 Å². The highest BCUT2D eigenvalue weighted by Gasteiger charge is 1.78. The number of aliphatic imine (C=N–C) groups is 1. The molecule has 0 spiro atoms. The predicted octanol–water partition coefficient (Wildman–Crippen LogP) is 2.20. The third-order valence-electron chi connectivity index (χ3n) is 1.30. The Morgan fingerprint density at radius 1 is 1.29 bits per heavy atom. The molecule has 0 unspecified atom stereocenters. The minimum Gasteiger partial charge on any atom is -0.404 e. The van der Waals surface area contributed by atoms with Crippen molar-refractivity contribution in [1.29, 1.82) is 5.41 Å². The van der Waals surface area contributed by atoms with Crippen LogP contribution in [0.15, 0.2) is 53.3 Å². The minimum atomic E-state index is 0.659. The van der Waals surface area contributed by atoms with Gasteiger partial charge in [-0.1, -0.05) is 18.2 Å². The third kappa shape index (κ3) is 6.79. The van der Waals surface area contributed by atoms with Crippen LogP contribution in [0.25, 0.3) is 0 Å². The average molecular weight is 189 g/mol. The van der Waals surface area contributed by atoms with Gasteiger partial charge in [0.05, 0.1) is 0 Å². The van der Waals surface area contributed by atoms with E-state index in [1.54, 1.807) is 30.6 Å². The number of nitrogens with two attached hydrogens (primary N) is 1. The summed E-state index contributed by atoms with van der Waals surface area (Å²) in [5, 5.41) is 6.94. The van der Waals surface area contributed by atoms with Gasteiger partial charge in [0.25, 0.3) is 0 Å². The van der Waals surface area contributed by atoms with Crippen LogP contribution in [0.2, 0.25) is 0 Å². The summed E-state index contributed by atoms with van der Waals surface area (Å²) < 4.78 is 0. The SMILES string of the molecule is C\C=C/C=N\C=C\C=C\C(C=N)=C\N. The lowest BCUT2D eigenvalue weighted by Crippen LogP contribution is -1.85. The molecule has 0 amide bonds. The zero-order chi connectivity index (χ0) is 10.6. The number of rotatable bonds is 5. The largest absolute Gasteiger partial charge is 0.404 e. The molecule has 0 aliphatic rings. The fourth-order valence-electron chi connectivity index (χ4n) is 0.603. The van der Waals surface area contributed by atoms with Crippen molar-refractivity contribution in [3.8, 4) is 0 Å². The summed E-state index contributed by atoms with van der Waals surface area (Å²) in [6.07, 6.45) is 14.9. The standard InChI is InChI=1S/C11H15N3/c1-2-3-7-14-8-5-4-6-11(9-12)10-13/h2-10,12H,13H2,1H3/b3-2-,6-4+,8-5+,11-10-,12-9?,14-7-. The molecule has 0 heterocycles. The fraction of sp³-hybridized carbons (Fsp3) is 0.0909. The van der Waals surface area contributed by atoms with Gasteiger partial charge in [-0.3, -0.25) is 4.99 Å². The molecule has 0 aromatic rings. The first-order valence-electron chi connectivity index (χ1n) is 4.25. The summed E-state index contributed by atoms with van der Waals surface area (Å²) in [6.45, 7) is 1.93. The molecule has 0 radical (unpaired) electrons. The van der Waals surface area contributed by atoms with E-state index in [0.29, 0.717) is 5.57 Å². The third-order valence-corrected chi connectivity index (χ3v) is 1.30. The van der Waals surface area contributed by atoms with Crippen molar-refractivity contribution < 1.29 is 0 Å². The highest BCUT2D eigenvalue weighted by Crippen LogP contribution is 1.89. The van der Waals surface area contributed by atoms with E-state index in [4.69, 9.17) is 11.1 Å². The molecule has 3 nitrogen and oxygen atoms in total. The number of allylic oxidation sites excluding steroid dienone is 6. The van der Waals surface area contributed by atoms with Gasteiger partial charge in [0.1, 0.15) is 0 Å². The molecule has 3 heteroatoms. The summed E-state index contributed by atoms with van der Waals surface area (Å²) in [5.41, 5.74) is 5.90. The second kappa shape index (κ2) is 9.19. The molecule has 0 atom stereocenters. The molecule has 0 bridgehead atoms. The van der Waals surface area contributed by atoms with E-state index < -0.39 is 0 Å². The Labute approximate surface area is 84.6 Å².